The molecular weight excluding hydrogens is 240 g/mol. The summed E-state index contributed by atoms with van der Waals surface area (Å²) in [5.41, 5.74) is 6.89. The van der Waals surface area contributed by atoms with Crippen molar-refractivity contribution in [3.05, 3.63) is 35.9 Å². The summed E-state index contributed by atoms with van der Waals surface area (Å²) in [6, 6.07) is 3.95. The minimum Gasteiger partial charge on any atom is -0.329 e. The van der Waals surface area contributed by atoms with Crippen LogP contribution in [-0.2, 0) is 0 Å². The summed E-state index contributed by atoms with van der Waals surface area (Å²) in [6.45, 7) is 2.46. The number of aromatic nitrogens is 3. The lowest BCUT2D eigenvalue weighted by molar-refractivity contribution is 0.929. The van der Waals surface area contributed by atoms with Gasteiger partial charge in [0.05, 0.1) is 5.25 Å². The monoisotopic (exact) mass is 252 g/mol. The molecule has 6 heteroatoms. The summed E-state index contributed by atoms with van der Waals surface area (Å²) in [4.78, 5) is 8.42. The van der Waals surface area contributed by atoms with Gasteiger partial charge in [0, 0.05) is 18.9 Å². The van der Waals surface area contributed by atoms with Crippen molar-refractivity contribution in [3.8, 4) is 0 Å². The van der Waals surface area contributed by atoms with E-state index in [1.165, 1.54) is 11.5 Å². The van der Waals surface area contributed by atoms with Crippen molar-refractivity contribution in [1.29, 1.82) is 0 Å². The predicted molar refractivity (Wildman–Crippen MR) is 66.5 cm³/mol. The van der Waals surface area contributed by atoms with E-state index in [2.05, 4.69) is 14.3 Å². The van der Waals surface area contributed by atoms with Gasteiger partial charge in [0.1, 0.15) is 5.82 Å². The molecule has 0 saturated heterocycles. The summed E-state index contributed by atoms with van der Waals surface area (Å²) in [6.07, 6.45) is 3.61. The molecule has 2 N–H and O–H groups in total. The van der Waals surface area contributed by atoms with E-state index in [0.29, 0.717) is 6.54 Å². The van der Waals surface area contributed by atoms with E-state index in [1.54, 1.807) is 18.0 Å². The van der Waals surface area contributed by atoms with Crippen molar-refractivity contribution in [2.45, 2.75) is 16.5 Å². The van der Waals surface area contributed by atoms with E-state index in [0.717, 1.165) is 15.7 Å². The summed E-state index contributed by atoms with van der Waals surface area (Å²) in [7, 11) is 0. The first-order chi connectivity index (χ1) is 7.79. The molecule has 0 aliphatic rings. The van der Waals surface area contributed by atoms with Crippen molar-refractivity contribution >= 4 is 23.3 Å². The maximum absolute atomic E-state index is 5.77. The van der Waals surface area contributed by atoms with Gasteiger partial charge in [-0.05, 0) is 30.1 Å². The molecule has 2 aromatic heterocycles. The highest BCUT2D eigenvalue weighted by Gasteiger charge is 2.13. The Morgan fingerprint density at radius 1 is 1.56 bits per heavy atom. The van der Waals surface area contributed by atoms with Gasteiger partial charge >= 0.3 is 0 Å². The van der Waals surface area contributed by atoms with Gasteiger partial charge in [0.15, 0.2) is 4.34 Å². The molecule has 0 aliphatic carbocycles. The molecule has 0 saturated carbocycles. The molecule has 0 bridgehead atoms. The first kappa shape index (κ1) is 11.5. The van der Waals surface area contributed by atoms with E-state index in [4.69, 9.17) is 5.73 Å². The van der Waals surface area contributed by atoms with Gasteiger partial charge < -0.3 is 5.73 Å². The standard InChI is InChI=1S/C10H12N4S2/c1-7-13-10(16-14-7)15-9(5-11)8-3-2-4-12-6-8/h2-4,6,9H,5,11H2,1H3. The molecule has 0 aromatic carbocycles. The fourth-order valence-electron chi connectivity index (χ4n) is 1.27. The van der Waals surface area contributed by atoms with E-state index >= 15 is 0 Å². The second-order valence-corrected chi connectivity index (χ2v) is 5.44. The topological polar surface area (TPSA) is 64.7 Å². The zero-order valence-electron chi connectivity index (χ0n) is 8.83. The first-order valence-electron chi connectivity index (χ1n) is 4.86. The lowest BCUT2D eigenvalue weighted by atomic mass is 10.2. The number of hydrogen-bond acceptors (Lipinski definition) is 6. The third-order valence-corrected chi connectivity index (χ3v) is 4.18. The average molecular weight is 252 g/mol. The van der Waals surface area contributed by atoms with Crippen LogP contribution in [0.3, 0.4) is 0 Å². The maximum Gasteiger partial charge on any atom is 0.170 e. The van der Waals surface area contributed by atoms with Crippen LogP contribution in [0.2, 0.25) is 0 Å². The third-order valence-electron chi connectivity index (χ3n) is 2.02. The van der Waals surface area contributed by atoms with Crippen LogP contribution in [0.5, 0.6) is 0 Å². The molecule has 0 radical (unpaired) electrons. The molecule has 1 unspecified atom stereocenters. The number of thioether (sulfide) groups is 1. The van der Waals surface area contributed by atoms with Crippen molar-refractivity contribution < 1.29 is 0 Å². The largest absolute Gasteiger partial charge is 0.329 e. The molecule has 2 aromatic rings. The van der Waals surface area contributed by atoms with Crippen LogP contribution in [-0.4, -0.2) is 20.9 Å². The first-order valence-corrected chi connectivity index (χ1v) is 6.52. The van der Waals surface area contributed by atoms with Crippen molar-refractivity contribution in [2.24, 2.45) is 5.73 Å². The zero-order chi connectivity index (χ0) is 11.4. The Hall–Kier alpha value is -0.980. The van der Waals surface area contributed by atoms with Crippen LogP contribution in [0.15, 0.2) is 28.9 Å². The maximum atomic E-state index is 5.77. The lowest BCUT2D eigenvalue weighted by Crippen LogP contribution is -2.09. The highest BCUT2D eigenvalue weighted by Crippen LogP contribution is 2.34. The molecule has 0 spiro atoms. The predicted octanol–water partition coefficient (Wildman–Crippen LogP) is 2.03. The molecule has 4 nitrogen and oxygen atoms in total. The van der Waals surface area contributed by atoms with Gasteiger partial charge in [-0.2, -0.15) is 4.37 Å². The van der Waals surface area contributed by atoms with Crippen molar-refractivity contribution in [2.75, 3.05) is 6.54 Å². The Morgan fingerprint density at radius 3 is 3.00 bits per heavy atom. The van der Waals surface area contributed by atoms with E-state index in [9.17, 15) is 0 Å². The Morgan fingerprint density at radius 2 is 2.44 bits per heavy atom. The van der Waals surface area contributed by atoms with Gasteiger partial charge in [-0.15, -0.1) is 0 Å². The molecule has 0 aliphatic heterocycles. The molecule has 16 heavy (non-hydrogen) atoms. The molecule has 2 heterocycles. The molecule has 1 atom stereocenters. The number of rotatable bonds is 4. The number of nitrogens with two attached hydrogens (primary N) is 1. The third kappa shape index (κ3) is 2.78. The van der Waals surface area contributed by atoms with Gasteiger partial charge in [0.2, 0.25) is 0 Å². The Labute approximate surface area is 102 Å². The minimum atomic E-state index is 0.195. The van der Waals surface area contributed by atoms with Crippen molar-refractivity contribution in [1.82, 2.24) is 14.3 Å². The normalized spacial score (nSPS) is 12.6. The lowest BCUT2D eigenvalue weighted by Gasteiger charge is -2.11. The fraction of sp³-hybridized carbons (Fsp3) is 0.300. The quantitative estimate of drug-likeness (QED) is 0.843. The van der Waals surface area contributed by atoms with Crippen LogP contribution >= 0.6 is 23.3 Å². The molecular formula is C10H12N4S2. The highest BCUT2D eigenvalue weighted by molar-refractivity contribution is 8.01. The summed E-state index contributed by atoms with van der Waals surface area (Å²) in [5, 5.41) is 0.195. The van der Waals surface area contributed by atoms with Crippen molar-refractivity contribution in [3.63, 3.8) is 0 Å². The molecule has 0 fully saturated rings. The second-order valence-electron chi connectivity index (χ2n) is 3.24. The Bertz CT molecular complexity index is 443. The average Bonchev–Trinajstić information content (AvgIpc) is 2.73. The fourth-order valence-corrected chi connectivity index (χ4v) is 3.12. The SMILES string of the molecule is Cc1nsc(SC(CN)c2cccnc2)n1. The van der Waals surface area contributed by atoms with Gasteiger partial charge in [0.25, 0.3) is 0 Å². The zero-order valence-corrected chi connectivity index (χ0v) is 10.5. The van der Waals surface area contributed by atoms with Crippen LogP contribution in [0.25, 0.3) is 0 Å². The van der Waals surface area contributed by atoms with Gasteiger partial charge in [-0.25, -0.2) is 4.98 Å². The van der Waals surface area contributed by atoms with Crippen LogP contribution in [0.1, 0.15) is 16.6 Å². The number of nitrogens with zero attached hydrogens (tertiary/aromatic N) is 3. The summed E-state index contributed by atoms with van der Waals surface area (Å²) < 4.78 is 5.11. The smallest absolute Gasteiger partial charge is 0.170 e. The van der Waals surface area contributed by atoms with Crippen LogP contribution in [0, 0.1) is 6.92 Å². The van der Waals surface area contributed by atoms with Crippen LogP contribution < -0.4 is 5.73 Å². The molecule has 0 amide bonds. The summed E-state index contributed by atoms with van der Waals surface area (Å²) >= 11 is 3.06. The second kappa shape index (κ2) is 5.38. The van der Waals surface area contributed by atoms with Crippen LogP contribution in [0.4, 0.5) is 0 Å². The van der Waals surface area contributed by atoms with E-state index in [1.807, 2.05) is 25.3 Å². The highest BCUT2D eigenvalue weighted by atomic mass is 32.2. The van der Waals surface area contributed by atoms with Gasteiger partial charge in [-0.3, -0.25) is 4.98 Å². The Balaban J connectivity index is 2.12. The number of aryl methyl sites for hydroxylation is 1. The number of pyridine rings is 1. The Kier molecular flexibility index (Phi) is 3.87. The minimum absolute atomic E-state index is 0.195. The number of hydrogen-bond donors (Lipinski definition) is 1. The van der Waals surface area contributed by atoms with E-state index in [-0.39, 0.29) is 5.25 Å². The van der Waals surface area contributed by atoms with E-state index < -0.39 is 0 Å². The van der Waals surface area contributed by atoms with Gasteiger partial charge in [-0.1, -0.05) is 17.8 Å². The molecule has 2 rings (SSSR count). The molecule has 84 valence electrons. The summed E-state index contributed by atoms with van der Waals surface area (Å²) in [5.74, 6) is 0.814.